The molecule has 32 heavy (non-hydrogen) atoms. The molecule has 1 aliphatic carbocycles. The van der Waals surface area contributed by atoms with Crippen LogP contribution >= 0.6 is 12.6 Å². The maximum Gasteiger partial charge on any atom is 0.161 e. The lowest BCUT2D eigenvalue weighted by molar-refractivity contribution is -0.234. The first-order valence-corrected chi connectivity index (χ1v) is 12.8. The molecule has 0 aromatic heterocycles. The zero-order valence-electron chi connectivity index (χ0n) is 21.0. The number of hydrogen-bond donors (Lipinski definition) is 2. The fourth-order valence-electron chi connectivity index (χ4n) is 5.33. The summed E-state index contributed by atoms with van der Waals surface area (Å²) in [5, 5.41) is 10.8. The lowest BCUT2D eigenvalue weighted by atomic mass is 9.82. The Labute approximate surface area is 200 Å². The van der Waals surface area contributed by atoms with Gasteiger partial charge in [0.1, 0.15) is 5.78 Å². The van der Waals surface area contributed by atoms with Crippen molar-refractivity contribution in [3.8, 4) is 0 Å². The number of aliphatic hydroxyl groups is 1. The molecule has 0 radical (unpaired) electrons. The first kappa shape index (κ1) is 27.6. The van der Waals surface area contributed by atoms with Crippen molar-refractivity contribution in [3.63, 3.8) is 0 Å². The molecule has 0 spiro atoms. The van der Waals surface area contributed by atoms with Gasteiger partial charge in [-0.2, -0.15) is 12.6 Å². The summed E-state index contributed by atoms with van der Waals surface area (Å²) >= 11 is 4.79. The van der Waals surface area contributed by atoms with Crippen LogP contribution in [0.3, 0.4) is 0 Å². The topological polar surface area (TPSA) is 72.8 Å². The highest BCUT2D eigenvalue weighted by Crippen LogP contribution is 2.33. The number of hydrogen-bond acceptors (Lipinski definition) is 6. The molecule has 6 heteroatoms. The molecule has 0 saturated carbocycles. The monoisotopic (exact) mass is 468 g/mol. The Morgan fingerprint density at radius 2 is 1.75 bits per heavy atom. The van der Waals surface area contributed by atoms with Gasteiger partial charge in [-0.15, -0.1) is 0 Å². The maximum atomic E-state index is 13.1. The van der Waals surface area contributed by atoms with Crippen LogP contribution in [-0.2, 0) is 19.1 Å². The molecule has 1 saturated heterocycles. The highest BCUT2D eigenvalue weighted by molar-refractivity contribution is 7.80. The minimum atomic E-state index is -1.21. The average Bonchev–Trinajstić information content (AvgIpc) is 2.67. The molecule has 9 atom stereocenters. The van der Waals surface area contributed by atoms with Gasteiger partial charge < -0.3 is 14.6 Å². The van der Waals surface area contributed by atoms with Gasteiger partial charge in [0, 0.05) is 29.9 Å². The predicted molar refractivity (Wildman–Crippen MR) is 131 cm³/mol. The van der Waals surface area contributed by atoms with E-state index in [0.717, 1.165) is 19.3 Å². The molecule has 2 aliphatic rings. The fraction of sp³-hybridized carbons (Fsp3) is 0.846. The Morgan fingerprint density at radius 3 is 2.38 bits per heavy atom. The smallest absolute Gasteiger partial charge is 0.161 e. The van der Waals surface area contributed by atoms with Crippen LogP contribution in [0.25, 0.3) is 0 Å². The summed E-state index contributed by atoms with van der Waals surface area (Å²) in [5.74, 6) is 0.192. The van der Waals surface area contributed by atoms with Crippen molar-refractivity contribution in [3.05, 3.63) is 11.6 Å². The van der Waals surface area contributed by atoms with Crippen LogP contribution in [-0.4, -0.2) is 46.0 Å². The van der Waals surface area contributed by atoms with Crippen LogP contribution in [0.15, 0.2) is 11.6 Å². The van der Waals surface area contributed by atoms with Crippen molar-refractivity contribution >= 4 is 24.2 Å². The number of ether oxygens (including phenoxy) is 2. The number of Topliss-reactive ketones (excluding diaryl/α,β-unsaturated/α-hetero) is 2. The van der Waals surface area contributed by atoms with Crippen molar-refractivity contribution in [2.24, 2.45) is 23.7 Å². The largest absolute Gasteiger partial charge is 0.386 e. The number of allylic oxidation sites excluding steroid dienone is 1. The minimum absolute atomic E-state index is 0.0127. The van der Waals surface area contributed by atoms with E-state index in [1.165, 1.54) is 0 Å². The number of carbonyl (C=O) groups excluding carboxylic acids is 2. The van der Waals surface area contributed by atoms with Crippen LogP contribution in [0.1, 0.15) is 87.0 Å². The lowest BCUT2D eigenvalue weighted by Gasteiger charge is -2.38. The molecule has 5 unspecified atom stereocenters. The Balaban J connectivity index is 2.28. The Hall–Kier alpha value is -0.690. The number of carbonyl (C=O) groups is 2. The molecule has 0 bridgehead atoms. The van der Waals surface area contributed by atoms with Crippen molar-refractivity contribution in [2.75, 3.05) is 0 Å². The predicted octanol–water partition coefficient (Wildman–Crippen LogP) is 5.15. The molecule has 2 rings (SSSR count). The van der Waals surface area contributed by atoms with Gasteiger partial charge in [0.2, 0.25) is 0 Å². The highest BCUT2D eigenvalue weighted by Gasteiger charge is 2.36. The second kappa shape index (κ2) is 11.6. The van der Waals surface area contributed by atoms with Gasteiger partial charge in [-0.25, -0.2) is 0 Å². The van der Waals surface area contributed by atoms with E-state index in [1.807, 2.05) is 13.8 Å². The molecular formula is C26H44O5S. The van der Waals surface area contributed by atoms with Gasteiger partial charge in [-0.3, -0.25) is 9.59 Å². The zero-order chi connectivity index (χ0) is 24.2. The van der Waals surface area contributed by atoms with Crippen LogP contribution in [0.2, 0.25) is 0 Å². The fourth-order valence-corrected chi connectivity index (χ4v) is 5.98. The van der Waals surface area contributed by atoms with Crippen LogP contribution in [0.4, 0.5) is 0 Å². The van der Waals surface area contributed by atoms with Gasteiger partial charge in [0.25, 0.3) is 0 Å². The lowest BCUT2D eigenvalue weighted by Crippen LogP contribution is -2.42. The standard InChI is InChI=1S/C26H44O5S/c1-15-10-19(5)30-23(11-15)31-25-17(3)13-21(32)12-16(2)24(28)18(4)14-26(7,29)9-8-22(27)20(25)6/h14-17,19-21,23,25,29,32H,8-13H2,1-7H3/b18-14+/t15?,16-,17?,19?,20?,21?,23+,25+,26-/m1/s1. The third-order valence-corrected chi connectivity index (χ3v) is 7.52. The van der Waals surface area contributed by atoms with E-state index in [2.05, 4.69) is 20.8 Å². The first-order chi connectivity index (χ1) is 14.8. The molecule has 1 aliphatic heterocycles. The van der Waals surface area contributed by atoms with Crippen molar-refractivity contribution in [1.29, 1.82) is 0 Å². The quantitative estimate of drug-likeness (QED) is 0.549. The Kier molecular flexibility index (Phi) is 10.0. The third kappa shape index (κ3) is 7.96. The summed E-state index contributed by atoms with van der Waals surface area (Å²) in [6.45, 7) is 13.6. The SMILES string of the molecule is C/C1=C\[C@](C)(O)CCC(=O)C(C)[C@@H](O[C@H]2CC(C)CC(C)O2)C(C)CC(S)C[C@@H](C)C1=O. The van der Waals surface area contributed by atoms with Crippen molar-refractivity contribution in [1.82, 2.24) is 0 Å². The summed E-state index contributed by atoms with van der Waals surface area (Å²) in [5.41, 5.74) is -0.661. The van der Waals surface area contributed by atoms with E-state index in [0.29, 0.717) is 17.9 Å². The van der Waals surface area contributed by atoms with E-state index in [-0.39, 0.29) is 65.9 Å². The number of ketones is 2. The number of thiol groups is 1. The summed E-state index contributed by atoms with van der Waals surface area (Å²) < 4.78 is 12.5. The summed E-state index contributed by atoms with van der Waals surface area (Å²) in [4.78, 5) is 26.0. The molecule has 5 nitrogen and oxygen atoms in total. The Morgan fingerprint density at radius 1 is 1.09 bits per heavy atom. The molecule has 0 aromatic rings. The van der Waals surface area contributed by atoms with Crippen LogP contribution < -0.4 is 0 Å². The zero-order valence-corrected chi connectivity index (χ0v) is 21.9. The second-order valence-electron chi connectivity index (χ2n) is 10.9. The maximum absolute atomic E-state index is 13.1. The minimum Gasteiger partial charge on any atom is -0.386 e. The van der Waals surface area contributed by atoms with E-state index in [9.17, 15) is 14.7 Å². The van der Waals surface area contributed by atoms with Gasteiger partial charge in [-0.1, -0.05) is 27.7 Å². The summed E-state index contributed by atoms with van der Waals surface area (Å²) in [6.07, 6.45) is 4.88. The van der Waals surface area contributed by atoms with Crippen LogP contribution in [0, 0.1) is 23.7 Å². The van der Waals surface area contributed by atoms with Crippen molar-refractivity contribution < 1.29 is 24.2 Å². The van der Waals surface area contributed by atoms with Gasteiger partial charge in [0.15, 0.2) is 12.1 Å². The molecule has 184 valence electrons. The van der Waals surface area contributed by atoms with Gasteiger partial charge >= 0.3 is 0 Å². The van der Waals surface area contributed by atoms with E-state index in [4.69, 9.17) is 22.1 Å². The average molecular weight is 469 g/mol. The molecular weight excluding hydrogens is 424 g/mol. The third-order valence-electron chi connectivity index (χ3n) is 7.09. The normalized spacial score (nSPS) is 45.1. The molecule has 0 amide bonds. The van der Waals surface area contributed by atoms with E-state index in [1.54, 1.807) is 19.9 Å². The summed E-state index contributed by atoms with van der Waals surface area (Å²) in [7, 11) is 0. The van der Waals surface area contributed by atoms with Crippen molar-refractivity contribution in [2.45, 2.75) is 116 Å². The van der Waals surface area contributed by atoms with Gasteiger partial charge in [0.05, 0.1) is 17.8 Å². The highest BCUT2D eigenvalue weighted by atomic mass is 32.1. The van der Waals surface area contributed by atoms with Gasteiger partial charge in [-0.05, 0) is 69.9 Å². The van der Waals surface area contributed by atoms with E-state index >= 15 is 0 Å². The summed E-state index contributed by atoms with van der Waals surface area (Å²) in [6, 6.07) is 0. The molecule has 0 aromatic carbocycles. The Bertz CT molecular complexity index is 678. The number of rotatable bonds is 2. The first-order valence-electron chi connectivity index (χ1n) is 12.3. The molecule has 1 heterocycles. The van der Waals surface area contributed by atoms with Crippen LogP contribution in [0.5, 0.6) is 0 Å². The second-order valence-corrected chi connectivity index (χ2v) is 11.6. The molecule has 1 N–H and O–H groups in total. The molecule has 1 fully saturated rings. The van der Waals surface area contributed by atoms with E-state index < -0.39 is 5.60 Å².